The van der Waals surface area contributed by atoms with Gasteiger partial charge in [-0.25, -0.2) is 4.98 Å². The second-order valence-corrected chi connectivity index (χ2v) is 9.13. The minimum Gasteiger partial charge on any atom is -0.329 e. The molecule has 3 aromatic heterocycles. The van der Waals surface area contributed by atoms with Crippen molar-refractivity contribution in [2.45, 2.75) is 54.5 Å². The van der Waals surface area contributed by atoms with E-state index in [4.69, 9.17) is 10.1 Å². The zero-order valence-corrected chi connectivity index (χ0v) is 19.2. The molecule has 0 saturated carbocycles. The quantitative estimate of drug-likeness (QED) is 0.362. The van der Waals surface area contributed by atoms with Crippen LogP contribution in [0.2, 0.25) is 0 Å². The van der Waals surface area contributed by atoms with Crippen molar-refractivity contribution in [3.63, 3.8) is 0 Å². The van der Waals surface area contributed by atoms with Crippen molar-refractivity contribution in [2.24, 2.45) is 5.92 Å². The Balaban J connectivity index is 2.12. The van der Waals surface area contributed by atoms with Crippen LogP contribution in [0, 0.1) is 33.6 Å². The van der Waals surface area contributed by atoms with Crippen molar-refractivity contribution >= 4 is 32.6 Å². The zero-order valence-electron chi connectivity index (χ0n) is 17.6. The maximum absolute atomic E-state index is 4.99. The van der Waals surface area contributed by atoms with Gasteiger partial charge >= 0.3 is 0 Å². The Morgan fingerprint density at radius 2 is 1.68 bits per heavy atom. The van der Waals surface area contributed by atoms with Crippen molar-refractivity contribution in [1.82, 2.24) is 19.2 Å². The highest BCUT2D eigenvalue weighted by Gasteiger charge is 2.23. The molecule has 0 saturated heterocycles. The Morgan fingerprint density at radius 1 is 0.964 bits per heavy atom. The largest absolute Gasteiger partial charge is 0.329 e. The van der Waals surface area contributed by atoms with Crippen LogP contribution in [0.5, 0.6) is 0 Å². The van der Waals surface area contributed by atoms with Crippen molar-refractivity contribution in [2.75, 3.05) is 0 Å². The van der Waals surface area contributed by atoms with Gasteiger partial charge in [0.15, 0.2) is 5.65 Å². The molecule has 1 unspecified atom stereocenters. The molecule has 28 heavy (non-hydrogen) atoms. The summed E-state index contributed by atoms with van der Waals surface area (Å²) >= 11 is 3.79. The summed E-state index contributed by atoms with van der Waals surface area (Å²) in [5.74, 6) is 0.531. The molecule has 1 atom stereocenters. The van der Waals surface area contributed by atoms with Crippen LogP contribution in [0.4, 0.5) is 0 Å². The first kappa shape index (κ1) is 19.2. The summed E-state index contributed by atoms with van der Waals surface area (Å²) in [5.41, 5.74) is 8.85. The molecule has 0 fully saturated rings. The summed E-state index contributed by atoms with van der Waals surface area (Å²) in [4.78, 5) is 4.99. The van der Waals surface area contributed by atoms with Crippen molar-refractivity contribution in [3.8, 4) is 11.1 Å². The summed E-state index contributed by atoms with van der Waals surface area (Å²) < 4.78 is 5.47. The number of nitrogens with zero attached hydrogens (tertiary/aromatic N) is 4. The topological polar surface area (TPSA) is 35.1 Å². The molecule has 0 bridgehead atoms. The summed E-state index contributed by atoms with van der Waals surface area (Å²) in [5, 5.41) is 6.11. The molecule has 0 aliphatic rings. The highest BCUT2D eigenvalue weighted by Crippen LogP contribution is 2.38. The fourth-order valence-electron chi connectivity index (χ4n) is 4.10. The molecule has 0 radical (unpaired) electrons. The standard InChI is InChI=1S/C23H27BrN4/c1-12(2)17(7)27-9-8-18-15(5)25-22-21(16(6)26-28(22)23(18)27)20-14(4)10-13(3)11-19(20)24/h8-12,17H,1-7H3. The van der Waals surface area contributed by atoms with E-state index in [1.807, 2.05) is 4.52 Å². The maximum atomic E-state index is 4.99. The van der Waals surface area contributed by atoms with E-state index in [1.165, 1.54) is 16.7 Å². The van der Waals surface area contributed by atoms with E-state index in [1.54, 1.807) is 0 Å². The first-order valence-electron chi connectivity index (χ1n) is 9.84. The van der Waals surface area contributed by atoms with Gasteiger partial charge in [-0.05, 0) is 63.8 Å². The third kappa shape index (κ3) is 2.79. The number of hydrogen-bond donors (Lipinski definition) is 0. The van der Waals surface area contributed by atoms with Crippen molar-refractivity contribution < 1.29 is 0 Å². The number of aromatic nitrogens is 4. The van der Waals surface area contributed by atoms with Gasteiger partial charge in [0.25, 0.3) is 0 Å². The highest BCUT2D eigenvalue weighted by atomic mass is 79.9. The lowest BCUT2D eigenvalue weighted by Gasteiger charge is -2.19. The first-order chi connectivity index (χ1) is 13.2. The fraction of sp³-hybridized carbons (Fsp3) is 0.391. The molecule has 0 aliphatic heterocycles. The third-order valence-corrected chi connectivity index (χ3v) is 6.50. The van der Waals surface area contributed by atoms with Gasteiger partial charge in [-0.2, -0.15) is 9.61 Å². The third-order valence-electron chi connectivity index (χ3n) is 5.87. The summed E-state index contributed by atoms with van der Waals surface area (Å²) in [7, 11) is 0. The number of fused-ring (bicyclic) bond motifs is 3. The molecule has 0 amide bonds. The lowest BCUT2D eigenvalue weighted by atomic mass is 9.99. The molecule has 0 aliphatic carbocycles. The van der Waals surface area contributed by atoms with E-state index in [-0.39, 0.29) is 0 Å². The van der Waals surface area contributed by atoms with Gasteiger partial charge in [0, 0.05) is 27.7 Å². The van der Waals surface area contributed by atoms with Crippen LogP contribution < -0.4 is 0 Å². The predicted molar refractivity (Wildman–Crippen MR) is 120 cm³/mol. The molecule has 4 nitrogen and oxygen atoms in total. The fourth-order valence-corrected chi connectivity index (χ4v) is 4.98. The molecule has 0 spiro atoms. The lowest BCUT2D eigenvalue weighted by Crippen LogP contribution is -2.12. The minimum atomic E-state index is 0.378. The number of aryl methyl sites for hydroxylation is 4. The minimum absolute atomic E-state index is 0.378. The van der Waals surface area contributed by atoms with E-state index in [2.05, 4.69) is 93.4 Å². The average Bonchev–Trinajstić information content (AvgIpc) is 3.16. The Hall–Kier alpha value is -2.14. The number of rotatable bonds is 3. The molecule has 5 heteroatoms. The number of hydrogen-bond acceptors (Lipinski definition) is 2. The predicted octanol–water partition coefficient (Wildman–Crippen LogP) is 6.56. The second kappa shape index (κ2) is 6.73. The smallest absolute Gasteiger partial charge is 0.165 e. The normalized spacial score (nSPS) is 13.2. The summed E-state index contributed by atoms with van der Waals surface area (Å²) in [6, 6.07) is 6.93. The number of benzene rings is 1. The molecule has 3 heterocycles. The molecule has 4 rings (SSSR count). The van der Waals surface area contributed by atoms with Crippen molar-refractivity contribution in [3.05, 3.63) is 51.4 Å². The Bertz CT molecular complexity index is 1190. The van der Waals surface area contributed by atoms with E-state index >= 15 is 0 Å². The molecular weight excluding hydrogens is 412 g/mol. The highest BCUT2D eigenvalue weighted by molar-refractivity contribution is 9.10. The average molecular weight is 439 g/mol. The first-order valence-corrected chi connectivity index (χ1v) is 10.6. The van der Waals surface area contributed by atoms with E-state index in [0.29, 0.717) is 12.0 Å². The zero-order chi connectivity index (χ0) is 20.3. The summed E-state index contributed by atoms with van der Waals surface area (Å²) in [6.45, 7) is 15.2. The van der Waals surface area contributed by atoms with E-state index < -0.39 is 0 Å². The van der Waals surface area contributed by atoms with Gasteiger partial charge in [-0.15, -0.1) is 0 Å². The van der Waals surface area contributed by atoms with Gasteiger partial charge < -0.3 is 4.57 Å². The Morgan fingerprint density at radius 3 is 2.32 bits per heavy atom. The van der Waals surface area contributed by atoms with Gasteiger partial charge in [0.05, 0.1) is 17.0 Å². The van der Waals surface area contributed by atoms with Crippen LogP contribution in [0.15, 0.2) is 28.9 Å². The van der Waals surface area contributed by atoms with Crippen LogP contribution >= 0.6 is 15.9 Å². The Labute approximate surface area is 174 Å². The molecule has 0 N–H and O–H groups in total. The molecule has 4 aromatic rings. The number of halogens is 1. The van der Waals surface area contributed by atoms with Crippen LogP contribution in [0.1, 0.15) is 49.3 Å². The Kier molecular flexibility index (Phi) is 4.61. The maximum Gasteiger partial charge on any atom is 0.165 e. The van der Waals surface area contributed by atoms with Gasteiger partial charge in [-0.1, -0.05) is 35.8 Å². The van der Waals surface area contributed by atoms with Crippen LogP contribution in [0.25, 0.3) is 27.8 Å². The van der Waals surface area contributed by atoms with Gasteiger partial charge in [-0.3, -0.25) is 0 Å². The molecular formula is C23H27BrN4. The van der Waals surface area contributed by atoms with Crippen LogP contribution in [-0.4, -0.2) is 19.2 Å². The SMILES string of the molecule is Cc1cc(C)c(-c2c(C)nn3c2nc(C)c2ccn(C(C)C(C)C)c23)c(Br)c1. The van der Waals surface area contributed by atoms with Gasteiger partial charge in [0.2, 0.25) is 0 Å². The van der Waals surface area contributed by atoms with Crippen molar-refractivity contribution in [1.29, 1.82) is 0 Å². The summed E-state index contributed by atoms with van der Waals surface area (Å²) in [6.07, 6.45) is 2.17. The second-order valence-electron chi connectivity index (χ2n) is 8.28. The van der Waals surface area contributed by atoms with Crippen LogP contribution in [0.3, 0.4) is 0 Å². The van der Waals surface area contributed by atoms with Crippen LogP contribution in [-0.2, 0) is 0 Å². The van der Waals surface area contributed by atoms with E-state index in [0.717, 1.165) is 38.1 Å². The lowest BCUT2D eigenvalue weighted by molar-refractivity contribution is 0.415. The van der Waals surface area contributed by atoms with E-state index in [9.17, 15) is 0 Å². The van der Waals surface area contributed by atoms with Gasteiger partial charge in [0.1, 0.15) is 5.65 Å². The molecule has 146 valence electrons. The molecule has 1 aromatic carbocycles. The monoisotopic (exact) mass is 438 g/mol.